The Kier molecular flexibility index (Phi) is 4.98. The highest BCUT2D eigenvalue weighted by molar-refractivity contribution is 7.22. The molecule has 0 saturated heterocycles. The molecule has 1 aliphatic rings. The lowest BCUT2D eigenvalue weighted by atomic mass is 10.1. The number of nitrogens with one attached hydrogen (secondary N) is 2. The Morgan fingerprint density at radius 3 is 2.86 bits per heavy atom. The summed E-state index contributed by atoms with van der Waals surface area (Å²) in [6.45, 7) is 0. The van der Waals surface area contributed by atoms with Crippen molar-refractivity contribution in [2.75, 3.05) is 19.0 Å². The summed E-state index contributed by atoms with van der Waals surface area (Å²) in [4.78, 5) is 6.59. The smallest absolute Gasteiger partial charge is 0.185 e. The molecular weight excluding hydrogens is 384 g/mol. The molecule has 0 unspecified atom stereocenters. The van der Waals surface area contributed by atoms with E-state index in [0.717, 1.165) is 26.5 Å². The number of aryl methyl sites for hydroxylation is 1. The van der Waals surface area contributed by atoms with E-state index < -0.39 is 0 Å². The lowest BCUT2D eigenvalue weighted by molar-refractivity contribution is 0.628. The first-order valence-corrected chi connectivity index (χ1v) is 9.98. The van der Waals surface area contributed by atoms with Crippen molar-refractivity contribution in [1.82, 2.24) is 19.8 Å². The van der Waals surface area contributed by atoms with Crippen molar-refractivity contribution in [2.45, 2.75) is 12.8 Å². The zero-order chi connectivity index (χ0) is 20.5. The molecule has 0 spiro atoms. The molecule has 0 atom stereocenters. The van der Waals surface area contributed by atoms with Crippen LogP contribution >= 0.6 is 11.3 Å². The second-order valence-corrected chi connectivity index (χ2v) is 8.08. The van der Waals surface area contributed by atoms with Gasteiger partial charge in [-0.05, 0) is 23.8 Å². The SMILES string of the molecule is CN(C)c1nc2ccc(CC(=N)N3N=C(c4cnn(C)c4)C=CCC3=N)cc2s1. The highest BCUT2D eigenvalue weighted by atomic mass is 32.1. The van der Waals surface area contributed by atoms with Crippen molar-refractivity contribution in [1.29, 1.82) is 10.8 Å². The minimum absolute atomic E-state index is 0.261. The summed E-state index contributed by atoms with van der Waals surface area (Å²) in [5.41, 5.74) is 3.51. The van der Waals surface area contributed by atoms with E-state index in [4.69, 9.17) is 10.8 Å². The standard InChI is InChI=1S/C20H22N8S/c1-26(2)20-24-16-8-7-13(9-17(16)29-20)10-19(22)28-18(21)6-4-5-15(25-28)14-11-23-27(3)12-14/h4-5,7-9,11-12,21-22H,6,10H2,1-3H3. The van der Waals surface area contributed by atoms with Gasteiger partial charge in [0, 0.05) is 45.7 Å². The molecule has 1 aliphatic heterocycles. The number of hydrogen-bond acceptors (Lipinski definition) is 7. The molecule has 0 bridgehead atoms. The van der Waals surface area contributed by atoms with E-state index in [1.54, 1.807) is 22.2 Å². The van der Waals surface area contributed by atoms with Gasteiger partial charge in [-0.3, -0.25) is 15.5 Å². The largest absolute Gasteiger partial charge is 0.354 e. The maximum absolute atomic E-state index is 8.60. The minimum Gasteiger partial charge on any atom is -0.354 e. The number of allylic oxidation sites excluding steroid dienone is 1. The number of anilines is 1. The van der Waals surface area contributed by atoms with Crippen LogP contribution in [0.3, 0.4) is 0 Å². The molecular formula is C20H22N8S. The molecule has 0 fully saturated rings. The van der Waals surface area contributed by atoms with Crippen LogP contribution in [-0.4, -0.2) is 51.3 Å². The van der Waals surface area contributed by atoms with Crippen molar-refractivity contribution in [3.8, 4) is 0 Å². The molecule has 9 heteroatoms. The number of benzene rings is 1. The fraction of sp³-hybridized carbons (Fsp3) is 0.250. The molecule has 1 aromatic carbocycles. The molecule has 2 aromatic heterocycles. The first kappa shape index (κ1) is 19.0. The topological polar surface area (TPSA) is 97.2 Å². The Morgan fingerprint density at radius 1 is 1.31 bits per heavy atom. The monoisotopic (exact) mass is 406 g/mol. The normalized spacial score (nSPS) is 14.2. The van der Waals surface area contributed by atoms with Gasteiger partial charge in [0.25, 0.3) is 0 Å². The summed E-state index contributed by atoms with van der Waals surface area (Å²) < 4.78 is 2.80. The van der Waals surface area contributed by atoms with Crippen LogP contribution in [0.1, 0.15) is 17.5 Å². The van der Waals surface area contributed by atoms with Gasteiger partial charge < -0.3 is 4.90 Å². The van der Waals surface area contributed by atoms with E-state index in [1.807, 2.05) is 56.5 Å². The summed E-state index contributed by atoms with van der Waals surface area (Å²) in [5.74, 6) is 0.538. The van der Waals surface area contributed by atoms with E-state index in [-0.39, 0.29) is 11.7 Å². The molecule has 0 radical (unpaired) electrons. The second kappa shape index (κ2) is 7.59. The van der Waals surface area contributed by atoms with Gasteiger partial charge in [0.05, 0.1) is 22.1 Å². The highest BCUT2D eigenvalue weighted by Gasteiger charge is 2.19. The number of hydrogen-bond donors (Lipinski definition) is 2. The Bertz CT molecular complexity index is 1150. The predicted molar refractivity (Wildman–Crippen MR) is 118 cm³/mol. The average Bonchev–Trinajstić information content (AvgIpc) is 3.25. The molecule has 29 heavy (non-hydrogen) atoms. The van der Waals surface area contributed by atoms with E-state index in [0.29, 0.717) is 18.6 Å². The van der Waals surface area contributed by atoms with Crippen LogP contribution < -0.4 is 4.90 Å². The zero-order valence-electron chi connectivity index (χ0n) is 16.5. The number of thiazole rings is 1. The third-order valence-corrected chi connectivity index (χ3v) is 5.69. The van der Waals surface area contributed by atoms with Crippen LogP contribution in [0.4, 0.5) is 5.13 Å². The summed E-state index contributed by atoms with van der Waals surface area (Å²) >= 11 is 1.63. The minimum atomic E-state index is 0.261. The lowest BCUT2D eigenvalue weighted by Crippen LogP contribution is -2.32. The Labute approximate surface area is 172 Å². The van der Waals surface area contributed by atoms with Crippen molar-refractivity contribution >= 4 is 44.1 Å². The third kappa shape index (κ3) is 3.95. The van der Waals surface area contributed by atoms with Crippen LogP contribution in [-0.2, 0) is 13.5 Å². The quantitative estimate of drug-likeness (QED) is 0.513. The van der Waals surface area contributed by atoms with E-state index in [9.17, 15) is 0 Å². The fourth-order valence-electron chi connectivity index (χ4n) is 3.03. The number of hydrazone groups is 1. The van der Waals surface area contributed by atoms with E-state index >= 15 is 0 Å². The van der Waals surface area contributed by atoms with Crippen LogP contribution in [0.25, 0.3) is 10.2 Å². The number of fused-ring (bicyclic) bond motifs is 1. The van der Waals surface area contributed by atoms with Gasteiger partial charge in [-0.1, -0.05) is 23.5 Å². The van der Waals surface area contributed by atoms with Crippen molar-refractivity contribution in [3.63, 3.8) is 0 Å². The highest BCUT2D eigenvalue weighted by Crippen LogP contribution is 2.28. The van der Waals surface area contributed by atoms with Gasteiger partial charge in [0.15, 0.2) is 5.13 Å². The van der Waals surface area contributed by atoms with Crippen LogP contribution in [0.5, 0.6) is 0 Å². The number of amidine groups is 2. The predicted octanol–water partition coefficient (Wildman–Crippen LogP) is 3.26. The van der Waals surface area contributed by atoms with Crippen LogP contribution in [0.15, 0.2) is 47.8 Å². The zero-order valence-corrected chi connectivity index (χ0v) is 17.4. The van der Waals surface area contributed by atoms with Crippen LogP contribution in [0.2, 0.25) is 0 Å². The van der Waals surface area contributed by atoms with Gasteiger partial charge in [-0.15, -0.1) is 0 Å². The summed E-state index contributed by atoms with van der Waals surface area (Å²) in [5, 5.41) is 28.0. The third-order valence-electron chi connectivity index (χ3n) is 4.50. The summed E-state index contributed by atoms with van der Waals surface area (Å²) in [6, 6.07) is 6.04. The Morgan fingerprint density at radius 2 is 2.14 bits per heavy atom. The number of rotatable bonds is 4. The van der Waals surface area contributed by atoms with E-state index in [2.05, 4.69) is 21.3 Å². The molecule has 2 N–H and O–H groups in total. The van der Waals surface area contributed by atoms with Crippen molar-refractivity contribution in [3.05, 3.63) is 53.9 Å². The fourth-order valence-corrected chi connectivity index (χ4v) is 3.98. The van der Waals surface area contributed by atoms with Gasteiger partial charge in [-0.2, -0.15) is 10.2 Å². The molecule has 8 nitrogen and oxygen atoms in total. The number of nitrogens with zero attached hydrogens (tertiary/aromatic N) is 6. The van der Waals surface area contributed by atoms with Crippen LogP contribution in [0, 0.1) is 10.8 Å². The van der Waals surface area contributed by atoms with Crippen molar-refractivity contribution < 1.29 is 0 Å². The van der Waals surface area contributed by atoms with Crippen molar-refractivity contribution in [2.24, 2.45) is 12.1 Å². The first-order chi connectivity index (χ1) is 13.9. The lowest BCUT2D eigenvalue weighted by Gasteiger charge is -2.19. The summed E-state index contributed by atoms with van der Waals surface area (Å²) in [7, 11) is 5.81. The number of aromatic nitrogens is 3. The summed E-state index contributed by atoms with van der Waals surface area (Å²) in [6.07, 6.45) is 8.20. The maximum Gasteiger partial charge on any atom is 0.185 e. The molecule has 0 saturated carbocycles. The van der Waals surface area contributed by atoms with Gasteiger partial charge in [0.1, 0.15) is 11.7 Å². The molecule has 148 valence electrons. The van der Waals surface area contributed by atoms with Gasteiger partial charge in [-0.25, -0.2) is 9.99 Å². The first-order valence-electron chi connectivity index (χ1n) is 9.16. The maximum atomic E-state index is 8.60. The van der Waals surface area contributed by atoms with E-state index in [1.165, 1.54) is 5.01 Å². The average molecular weight is 407 g/mol. The molecule has 4 rings (SSSR count). The molecule has 0 amide bonds. The molecule has 3 aromatic rings. The van der Waals surface area contributed by atoms with Gasteiger partial charge >= 0.3 is 0 Å². The molecule has 3 heterocycles. The van der Waals surface area contributed by atoms with Gasteiger partial charge in [0.2, 0.25) is 0 Å². The Hall–Kier alpha value is -3.33. The molecule has 0 aliphatic carbocycles. The second-order valence-electron chi connectivity index (χ2n) is 7.07. The Balaban J connectivity index is 1.59.